The molecule has 0 saturated heterocycles. The van der Waals surface area contributed by atoms with E-state index in [1.54, 1.807) is 6.20 Å². The molecule has 0 unspecified atom stereocenters. The van der Waals surface area contributed by atoms with Crippen LogP contribution in [-0.2, 0) is 11.3 Å². The summed E-state index contributed by atoms with van der Waals surface area (Å²) in [5, 5.41) is 3.44. The molecule has 0 saturated carbocycles. The SMILES string of the molecule is Cc1ccc(NC(=O)CCCCCn2ccnc2)c(Cl)c1.Cl. The molecule has 1 heterocycles. The van der Waals surface area contributed by atoms with Crippen molar-refractivity contribution in [2.24, 2.45) is 0 Å². The van der Waals surface area contributed by atoms with Crippen molar-refractivity contribution in [3.8, 4) is 0 Å². The zero-order chi connectivity index (χ0) is 15.1. The molecule has 0 radical (unpaired) electrons. The lowest BCUT2D eigenvalue weighted by Crippen LogP contribution is -2.11. The first kappa shape index (κ1) is 18.5. The van der Waals surface area contributed by atoms with Gasteiger partial charge in [0.05, 0.1) is 17.0 Å². The third kappa shape index (κ3) is 6.08. The maximum Gasteiger partial charge on any atom is 0.224 e. The number of nitrogens with one attached hydrogen (secondary N) is 1. The van der Waals surface area contributed by atoms with Gasteiger partial charge in [-0.2, -0.15) is 0 Å². The van der Waals surface area contributed by atoms with Gasteiger partial charge < -0.3 is 9.88 Å². The number of aromatic nitrogens is 2. The lowest BCUT2D eigenvalue weighted by Gasteiger charge is -2.08. The first-order chi connectivity index (χ1) is 10.1. The molecule has 6 heteroatoms. The maximum atomic E-state index is 11.9. The van der Waals surface area contributed by atoms with E-state index in [1.807, 2.05) is 42.2 Å². The summed E-state index contributed by atoms with van der Waals surface area (Å²) in [6.07, 6.45) is 9.01. The van der Waals surface area contributed by atoms with E-state index in [1.165, 1.54) is 0 Å². The number of imidazole rings is 1. The number of benzene rings is 1. The van der Waals surface area contributed by atoms with Crippen LogP contribution in [0, 0.1) is 6.92 Å². The molecule has 1 N–H and O–H groups in total. The number of anilines is 1. The minimum atomic E-state index is 0. The summed E-state index contributed by atoms with van der Waals surface area (Å²) in [5.74, 6) is 0.0170. The Balaban J connectivity index is 0.00000242. The number of amides is 1. The second-order valence-electron chi connectivity index (χ2n) is 5.14. The zero-order valence-corrected chi connectivity index (χ0v) is 14.2. The van der Waals surface area contributed by atoms with Gasteiger partial charge in [0, 0.05) is 25.4 Å². The second kappa shape index (κ2) is 9.49. The van der Waals surface area contributed by atoms with Crippen LogP contribution in [0.25, 0.3) is 0 Å². The predicted molar refractivity (Wildman–Crippen MR) is 92.8 cm³/mol. The van der Waals surface area contributed by atoms with Crippen molar-refractivity contribution in [1.82, 2.24) is 9.55 Å². The number of aryl methyl sites for hydroxylation is 2. The molecule has 1 amide bonds. The molecule has 2 rings (SSSR count). The van der Waals surface area contributed by atoms with Gasteiger partial charge in [-0.3, -0.25) is 4.79 Å². The van der Waals surface area contributed by atoms with Gasteiger partial charge in [0.2, 0.25) is 5.91 Å². The molecular formula is C16H21Cl2N3O. The number of hydrogen-bond donors (Lipinski definition) is 1. The van der Waals surface area contributed by atoms with Crippen molar-refractivity contribution in [3.63, 3.8) is 0 Å². The Labute approximate surface area is 142 Å². The molecule has 0 bridgehead atoms. The van der Waals surface area contributed by atoms with Crippen LogP contribution in [0.4, 0.5) is 5.69 Å². The highest BCUT2D eigenvalue weighted by Crippen LogP contribution is 2.22. The Morgan fingerprint density at radius 2 is 2.14 bits per heavy atom. The number of nitrogens with zero attached hydrogens (tertiary/aromatic N) is 2. The van der Waals surface area contributed by atoms with Crippen molar-refractivity contribution in [3.05, 3.63) is 47.5 Å². The van der Waals surface area contributed by atoms with Gasteiger partial charge in [-0.25, -0.2) is 4.98 Å². The maximum absolute atomic E-state index is 11.9. The molecular weight excluding hydrogens is 321 g/mol. The van der Waals surface area contributed by atoms with Gasteiger partial charge in [0.1, 0.15) is 0 Å². The summed E-state index contributed by atoms with van der Waals surface area (Å²) in [5.41, 5.74) is 1.77. The summed E-state index contributed by atoms with van der Waals surface area (Å²) in [7, 11) is 0. The Kier molecular flexibility index (Phi) is 7.99. The summed E-state index contributed by atoms with van der Waals surface area (Å²) >= 11 is 6.09. The normalized spacial score (nSPS) is 10.1. The lowest BCUT2D eigenvalue weighted by atomic mass is 10.1. The second-order valence-corrected chi connectivity index (χ2v) is 5.55. The molecule has 0 atom stereocenters. The average molecular weight is 342 g/mol. The van der Waals surface area contributed by atoms with Crippen molar-refractivity contribution in [1.29, 1.82) is 0 Å². The number of halogens is 2. The van der Waals surface area contributed by atoms with Crippen LogP contribution in [0.5, 0.6) is 0 Å². The van der Waals surface area contributed by atoms with Crippen LogP contribution in [0.3, 0.4) is 0 Å². The molecule has 1 aromatic carbocycles. The average Bonchev–Trinajstić information content (AvgIpc) is 2.95. The van der Waals surface area contributed by atoms with E-state index >= 15 is 0 Å². The Bertz CT molecular complexity index is 585. The number of carbonyl (C=O) groups is 1. The van der Waals surface area contributed by atoms with E-state index in [9.17, 15) is 4.79 Å². The van der Waals surface area contributed by atoms with Crippen molar-refractivity contribution in [2.75, 3.05) is 5.32 Å². The standard InChI is InChI=1S/C16H20ClN3O.ClH/c1-13-6-7-15(14(17)11-13)19-16(21)5-3-2-4-9-20-10-8-18-12-20;/h6-8,10-12H,2-5,9H2,1H3,(H,19,21);1H. The summed E-state index contributed by atoms with van der Waals surface area (Å²) < 4.78 is 2.05. The summed E-state index contributed by atoms with van der Waals surface area (Å²) in [6, 6.07) is 5.63. The molecule has 120 valence electrons. The van der Waals surface area contributed by atoms with Crippen LogP contribution in [0.2, 0.25) is 5.02 Å². The highest BCUT2D eigenvalue weighted by atomic mass is 35.5. The fourth-order valence-electron chi connectivity index (χ4n) is 2.11. The quantitative estimate of drug-likeness (QED) is 0.755. The summed E-state index contributed by atoms with van der Waals surface area (Å²) in [4.78, 5) is 15.9. The Hall–Kier alpha value is -1.52. The van der Waals surface area contributed by atoms with Crippen LogP contribution in [0.15, 0.2) is 36.9 Å². The molecule has 0 aliphatic heterocycles. The zero-order valence-electron chi connectivity index (χ0n) is 12.6. The van der Waals surface area contributed by atoms with Gasteiger partial charge in [0.15, 0.2) is 0 Å². The van der Waals surface area contributed by atoms with E-state index in [0.717, 1.165) is 31.4 Å². The van der Waals surface area contributed by atoms with Crippen LogP contribution in [-0.4, -0.2) is 15.5 Å². The third-order valence-electron chi connectivity index (χ3n) is 3.28. The van der Waals surface area contributed by atoms with Crippen molar-refractivity contribution < 1.29 is 4.79 Å². The minimum absolute atomic E-state index is 0. The number of unbranched alkanes of at least 4 members (excludes halogenated alkanes) is 2. The lowest BCUT2D eigenvalue weighted by molar-refractivity contribution is -0.116. The fourth-order valence-corrected chi connectivity index (χ4v) is 2.39. The molecule has 22 heavy (non-hydrogen) atoms. The van der Waals surface area contributed by atoms with Gasteiger partial charge >= 0.3 is 0 Å². The topological polar surface area (TPSA) is 46.9 Å². The van der Waals surface area contributed by atoms with Crippen LogP contribution in [0.1, 0.15) is 31.2 Å². The largest absolute Gasteiger partial charge is 0.337 e. The predicted octanol–water partition coefficient (Wildman–Crippen LogP) is 4.47. The van der Waals surface area contributed by atoms with Gasteiger partial charge in [-0.05, 0) is 37.5 Å². The van der Waals surface area contributed by atoms with E-state index < -0.39 is 0 Å². The first-order valence-corrected chi connectivity index (χ1v) is 7.55. The molecule has 0 fully saturated rings. The Morgan fingerprint density at radius 3 is 2.82 bits per heavy atom. The fraction of sp³-hybridized carbons (Fsp3) is 0.375. The first-order valence-electron chi connectivity index (χ1n) is 7.17. The molecule has 1 aromatic heterocycles. The number of carbonyl (C=O) groups excluding carboxylic acids is 1. The molecule has 0 aliphatic carbocycles. The van der Waals surface area contributed by atoms with E-state index in [2.05, 4.69) is 10.3 Å². The van der Waals surface area contributed by atoms with E-state index in [4.69, 9.17) is 11.6 Å². The van der Waals surface area contributed by atoms with Gasteiger partial charge in [0.25, 0.3) is 0 Å². The third-order valence-corrected chi connectivity index (χ3v) is 3.59. The molecule has 4 nitrogen and oxygen atoms in total. The number of rotatable bonds is 7. The molecule has 2 aromatic rings. The Morgan fingerprint density at radius 1 is 1.32 bits per heavy atom. The highest BCUT2D eigenvalue weighted by molar-refractivity contribution is 6.33. The van der Waals surface area contributed by atoms with Gasteiger partial charge in [-0.15, -0.1) is 12.4 Å². The van der Waals surface area contributed by atoms with E-state index in [0.29, 0.717) is 17.1 Å². The van der Waals surface area contributed by atoms with Crippen LogP contribution < -0.4 is 5.32 Å². The van der Waals surface area contributed by atoms with E-state index in [-0.39, 0.29) is 18.3 Å². The van der Waals surface area contributed by atoms with Crippen molar-refractivity contribution in [2.45, 2.75) is 39.2 Å². The van der Waals surface area contributed by atoms with Crippen molar-refractivity contribution >= 4 is 35.6 Å². The minimum Gasteiger partial charge on any atom is -0.337 e. The molecule has 0 spiro atoms. The number of hydrogen-bond acceptors (Lipinski definition) is 2. The van der Waals surface area contributed by atoms with Crippen LogP contribution >= 0.6 is 24.0 Å². The smallest absolute Gasteiger partial charge is 0.224 e. The highest BCUT2D eigenvalue weighted by Gasteiger charge is 2.05. The van der Waals surface area contributed by atoms with Gasteiger partial charge in [-0.1, -0.05) is 24.1 Å². The monoisotopic (exact) mass is 341 g/mol. The molecule has 0 aliphatic rings. The summed E-state index contributed by atoms with van der Waals surface area (Å²) in [6.45, 7) is 2.92.